The minimum absolute atomic E-state index is 0.522. The monoisotopic (exact) mass is 132 g/mol. The van der Waals surface area contributed by atoms with Crippen molar-refractivity contribution in [1.29, 1.82) is 0 Å². The number of hydrogen-bond donors (Lipinski definition) is 1. The number of halogens is 1. The number of aliphatic imine (C=N–C) groups is 1. The van der Waals surface area contributed by atoms with Crippen molar-refractivity contribution in [2.75, 3.05) is 7.05 Å². The van der Waals surface area contributed by atoms with Crippen LogP contribution in [0.2, 0.25) is 0 Å². The Morgan fingerprint density at radius 1 is 1.75 bits per heavy atom. The van der Waals surface area contributed by atoms with Crippen molar-refractivity contribution in [3.05, 3.63) is 10.7 Å². The van der Waals surface area contributed by atoms with Crippen LogP contribution >= 0.6 is 11.6 Å². The lowest BCUT2D eigenvalue weighted by Gasteiger charge is -1.89. The fraction of sp³-hybridized carbons (Fsp3) is 0.400. The third kappa shape index (κ3) is 2.64. The zero-order valence-corrected chi connectivity index (χ0v) is 5.74. The van der Waals surface area contributed by atoms with Crippen molar-refractivity contribution in [3.8, 4) is 0 Å². The zero-order valence-electron chi connectivity index (χ0n) is 4.98. The second kappa shape index (κ2) is 3.50. The van der Waals surface area contributed by atoms with Gasteiger partial charge in [-0.15, -0.1) is 0 Å². The fourth-order valence-corrected chi connectivity index (χ4v) is 0.277. The first kappa shape index (κ1) is 7.50. The van der Waals surface area contributed by atoms with E-state index in [0.717, 1.165) is 0 Å². The summed E-state index contributed by atoms with van der Waals surface area (Å²) in [6.07, 6.45) is 1.52. The van der Waals surface area contributed by atoms with Gasteiger partial charge in [0.1, 0.15) is 0 Å². The molecule has 0 unspecified atom stereocenters. The summed E-state index contributed by atoms with van der Waals surface area (Å²) >= 11 is 5.47. The molecule has 46 valence electrons. The summed E-state index contributed by atoms with van der Waals surface area (Å²) in [5.74, 6) is 0. The van der Waals surface area contributed by atoms with E-state index >= 15 is 0 Å². The molecule has 0 aromatic carbocycles. The molecular formula is C5H9ClN2. The molecule has 0 aliphatic rings. The minimum Gasteiger partial charge on any atom is -0.397 e. The van der Waals surface area contributed by atoms with Gasteiger partial charge in [-0.2, -0.15) is 0 Å². The second-order valence-electron chi connectivity index (χ2n) is 1.38. The summed E-state index contributed by atoms with van der Waals surface area (Å²) in [6, 6.07) is 0. The van der Waals surface area contributed by atoms with Crippen LogP contribution in [0.1, 0.15) is 6.92 Å². The predicted molar refractivity (Wildman–Crippen MR) is 37.2 cm³/mol. The van der Waals surface area contributed by atoms with Crippen molar-refractivity contribution in [3.63, 3.8) is 0 Å². The number of allylic oxidation sites excluding steroid dienone is 2. The van der Waals surface area contributed by atoms with Gasteiger partial charge in [-0.05, 0) is 6.92 Å². The van der Waals surface area contributed by atoms with E-state index < -0.39 is 0 Å². The maximum atomic E-state index is 5.47. The maximum absolute atomic E-state index is 5.47. The Bertz CT molecular complexity index is 122. The molecule has 0 saturated heterocycles. The van der Waals surface area contributed by atoms with Crippen molar-refractivity contribution in [2.45, 2.75) is 6.92 Å². The molecule has 0 radical (unpaired) electrons. The molecule has 0 amide bonds. The molecule has 0 aromatic heterocycles. The molecule has 0 rings (SSSR count). The fourth-order valence-electron chi connectivity index (χ4n) is 0.228. The van der Waals surface area contributed by atoms with E-state index in [2.05, 4.69) is 4.99 Å². The standard InChI is InChI=1S/C5H9ClN2/c1-4(6)5(7)3-8-2/h3H,7H2,1-2H3/b5-4-,8-3?. The van der Waals surface area contributed by atoms with Gasteiger partial charge in [0.2, 0.25) is 0 Å². The van der Waals surface area contributed by atoms with Crippen LogP contribution in [0.15, 0.2) is 15.7 Å². The highest BCUT2D eigenvalue weighted by molar-refractivity contribution is 6.30. The van der Waals surface area contributed by atoms with Gasteiger partial charge in [-0.25, -0.2) is 0 Å². The van der Waals surface area contributed by atoms with E-state index in [-0.39, 0.29) is 0 Å². The van der Waals surface area contributed by atoms with Crippen LogP contribution in [0.25, 0.3) is 0 Å². The Morgan fingerprint density at radius 3 is 2.38 bits per heavy atom. The normalized spacial score (nSPS) is 14.4. The Kier molecular flexibility index (Phi) is 3.28. The predicted octanol–water partition coefficient (Wildman–Crippen LogP) is 1.12. The first-order valence-corrected chi connectivity index (χ1v) is 2.60. The van der Waals surface area contributed by atoms with Crippen LogP contribution < -0.4 is 5.73 Å². The number of hydrogen-bond acceptors (Lipinski definition) is 2. The van der Waals surface area contributed by atoms with Crippen LogP contribution in [0.5, 0.6) is 0 Å². The molecule has 0 aliphatic heterocycles. The van der Waals surface area contributed by atoms with Crippen molar-refractivity contribution in [2.24, 2.45) is 10.7 Å². The molecule has 0 atom stereocenters. The van der Waals surface area contributed by atoms with E-state index in [1.165, 1.54) is 6.21 Å². The van der Waals surface area contributed by atoms with E-state index in [9.17, 15) is 0 Å². The average molecular weight is 133 g/mol. The smallest absolute Gasteiger partial charge is 0.0639 e. The van der Waals surface area contributed by atoms with Gasteiger partial charge in [0.15, 0.2) is 0 Å². The Hall–Kier alpha value is -0.500. The van der Waals surface area contributed by atoms with Crippen LogP contribution in [-0.4, -0.2) is 13.3 Å². The molecular weight excluding hydrogens is 124 g/mol. The largest absolute Gasteiger partial charge is 0.397 e. The van der Waals surface area contributed by atoms with Gasteiger partial charge in [0.05, 0.1) is 5.70 Å². The van der Waals surface area contributed by atoms with Crippen LogP contribution in [0, 0.1) is 0 Å². The van der Waals surface area contributed by atoms with Gasteiger partial charge in [0, 0.05) is 18.3 Å². The highest BCUT2D eigenvalue weighted by Gasteiger charge is 1.85. The number of nitrogens with two attached hydrogens (primary N) is 1. The molecule has 0 heterocycles. The van der Waals surface area contributed by atoms with Crippen LogP contribution in [-0.2, 0) is 0 Å². The maximum Gasteiger partial charge on any atom is 0.0639 e. The quantitative estimate of drug-likeness (QED) is 0.534. The second-order valence-corrected chi connectivity index (χ2v) is 1.94. The lowest BCUT2D eigenvalue weighted by molar-refractivity contribution is 1.39. The summed E-state index contributed by atoms with van der Waals surface area (Å²) in [5.41, 5.74) is 5.85. The number of rotatable bonds is 1. The third-order valence-electron chi connectivity index (χ3n) is 0.666. The molecule has 0 aromatic rings. The molecule has 0 saturated carbocycles. The first-order valence-electron chi connectivity index (χ1n) is 2.22. The van der Waals surface area contributed by atoms with E-state index in [4.69, 9.17) is 17.3 Å². The summed E-state index contributed by atoms with van der Waals surface area (Å²) in [5, 5.41) is 0.579. The van der Waals surface area contributed by atoms with Crippen molar-refractivity contribution in [1.82, 2.24) is 0 Å². The van der Waals surface area contributed by atoms with Gasteiger partial charge in [-0.1, -0.05) is 11.6 Å². The highest BCUT2D eigenvalue weighted by atomic mass is 35.5. The molecule has 3 heteroatoms. The average Bonchev–Trinajstić information content (AvgIpc) is 1.67. The van der Waals surface area contributed by atoms with Gasteiger partial charge >= 0.3 is 0 Å². The minimum atomic E-state index is 0.522. The summed E-state index contributed by atoms with van der Waals surface area (Å²) in [4.78, 5) is 3.66. The summed E-state index contributed by atoms with van der Waals surface area (Å²) in [7, 11) is 1.65. The first-order chi connectivity index (χ1) is 3.68. The molecule has 0 spiro atoms. The Balaban J connectivity index is 4.00. The van der Waals surface area contributed by atoms with Crippen molar-refractivity contribution < 1.29 is 0 Å². The Labute approximate surface area is 54.0 Å². The molecule has 0 aliphatic carbocycles. The Morgan fingerprint density at radius 2 is 2.25 bits per heavy atom. The SMILES string of the molecule is CN=C/C(N)=C(\C)Cl. The lowest BCUT2D eigenvalue weighted by Crippen LogP contribution is -1.98. The van der Waals surface area contributed by atoms with E-state index in [1.807, 2.05) is 0 Å². The molecule has 2 N–H and O–H groups in total. The van der Waals surface area contributed by atoms with Crippen LogP contribution in [0.3, 0.4) is 0 Å². The molecule has 0 fully saturated rings. The van der Waals surface area contributed by atoms with E-state index in [1.54, 1.807) is 14.0 Å². The third-order valence-corrected chi connectivity index (χ3v) is 0.884. The molecule has 8 heavy (non-hydrogen) atoms. The zero-order chi connectivity index (χ0) is 6.57. The van der Waals surface area contributed by atoms with Crippen molar-refractivity contribution >= 4 is 17.8 Å². The topological polar surface area (TPSA) is 38.4 Å². The summed E-state index contributed by atoms with van der Waals surface area (Å²) in [6.45, 7) is 1.72. The molecule has 0 bridgehead atoms. The van der Waals surface area contributed by atoms with E-state index in [0.29, 0.717) is 10.7 Å². The van der Waals surface area contributed by atoms with Gasteiger partial charge < -0.3 is 5.73 Å². The lowest BCUT2D eigenvalue weighted by atomic mass is 10.4. The number of nitrogens with zero attached hydrogens (tertiary/aromatic N) is 1. The summed E-state index contributed by atoms with van der Waals surface area (Å²) < 4.78 is 0. The van der Waals surface area contributed by atoms with Gasteiger partial charge in [0.25, 0.3) is 0 Å². The van der Waals surface area contributed by atoms with Gasteiger partial charge in [-0.3, -0.25) is 4.99 Å². The molecule has 2 nitrogen and oxygen atoms in total. The highest BCUT2D eigenvalue weighted by Crippen LogP contribution is 1.99. The van der Waals surface area contributed by atoms with Crippen LogP contribution in [0.4, 0.5) is 0 Å².